The van der Waals surface area contributed by atoms with Crippen LogP contribution in [0.25, 0.3) is 0 Å². The molecule has 1 fully saturated rings. The molecule has 4 rings (SSSR count). The highest BCUT2D eigenvalue weighted by atomic mass is 35.5. The summed E-state index contributed by atoms with van der Waals surface area (Å²) in [5, 5.41) is 3.51. The molecule has 3 nitrogen and oxygen atoms in total. The van der Waals surface area contributed by atoms with Crippen molar-refractivity contribution in [3.05, 3.63) is 99.3 Å². The molecule has 36 heavy (non-hydrogen) atoms. The lowest BCUT2D eigenvalue weighted by Crippen LogP contribution is -2.33. The highest BCUT2D eigenvalue weighted by Gasteiger charge is 2.30. The van der Waals surface area contributed by atoms with Gasteiger partial charge in [0.25, 0.3) is 5.91 Å². The van der Waals surface area contributed by atoms with Crippen molar-refractivity contribution in [1.82, 2.24) is 4.90 Å². The molecule has 8 heteroatoms. The van der Waals surface area contributed by atoms with Crippen LogP contribution in [-0.2, 0) is 19.1 Å². The Labute approximate surface area is 213 Å². The number of nitrogens with one attached hydrogen (secondary N) is 1. The molecule has 0 radical (unpaired) electrons. The van der Waals surface area contributed by atoms with Crippen LogP contribution in [0.2, 0.25) is 5.02 Å². The predicted octanol–water partition coefficient (Wildman–Crippen LogP) is 7.69. The topological polar surface area (TPSA) is 32.3 Å². The maximum absolute atomic E-state index is 15.0. The van der Waals surface area contributed by atoms with Crippen molar-refractivity contribution in [2.24, 2.45) is 0 Å². The van der Waals surface area contributed by atoms with Crippen LogP contribution in [0.15, 0.2) is 60.7 Å². The lowest BCUT2D eigenvalue weighted by atomic mass is 10.0. The second-order valence-corrected chi connectivity index (χ2v) is 9.46. The first-order valence-electron chi connectivity index (χ1n) is 11.9. The third kappa shape index (κ3) is 6.38. The number of nitrogens with zero attached hydrogens (tertiary/aromatic N) is 1. The van der Waals surface area contributed by atoms with Gasteiger partial charge in [-0.1, -0.05) is 41.9 Å². The van der Waals surface area contributed by atoms with Gasteiger partial charge in [-0.05, 0) is 73.6 Å². The van der Waals surface area contributed by atoms with Gasteiger partial charge in [0.2, 0.25) is 0 Å². The van der Waals surface area contributed by atoms with Crippen LogP contribution in [-0.4, -0.2) is 23.9 Å². The number of hydrogen-bond acceptors (Lipinski definition) is 2. The second-order valence-electron chi connectivity index (χ2n) is 9.02. The van der Waals surface area contributed by atoms with Crippen molar-refractivity contribution in [3.63, 3.8) is 0 Å². The number of carbonyl (C=O) groups excluding carboxylic acids is 1. The van der Waals surface area contributed by atoms with Gasteiger partial charge in [-0.2, -0.15) is 13.2 Å². The highest BCUT2D eigenvalue weighted by Crippen LogP contribution is 2.40. The molecule has 0 aliphatic heterocycles. The van der Waals surface area contributed by atoms with Crippen molar-refractivity contribution >= 4 is 23.2 Å². The smallest absolute Gasteiger partial charge is 0.385 e. The summed E-state index contributed by atoms with van der Waals surface area (Å²) in [5.74, 6) is -0.387. The molecular formula is C28H27ClF4N2O. The number of alkyl halides is 3. The lowest BCUT2D eigenvalue weighted by Gasteiger charge is -2.25. The summed E-state index contributed by atoms with van der Waals surface area (Å²) < 4.78 is 54.5. The monoisotopic (exact) mass is 518 g/mol. The van der Waals surface area contributed by atoms with E-state index >= 15 is 0 Å². The first kappa shape index (κ1) is 26.0. The number of hydrogen-bond donors (Lipinski definition) is 1. The average molecular weight is 519 g/mol. The van der Waals surface area contributed by atoms with Gasteiger partial charge >= 0.3 is 6.18 Å². The van der Waals surface area contributed by atoms with E-state index in [-0.39, 0.29) is 25.4 Å². The Balaban J connectivity index is 1.62. The van der Waals surface area contributed by atoms with Gasteiger partial charge < -0.3 is 10.2 Å². The van der Waals surface area contributed by atoms with Crippen LogP contribution in [0.1, 0.15) is 58.3 Å². The number of rotatable bonds is 9. The Morgan fingerprint density at radius 1 is 1.08 bits per heavy atom. The van der Waals surface area contributed by atoms with E-state index in [0.717, 1.165) is 30.5 Å². The minimum atomic E-state index is -4.46. The fourth-order valence-electron chi connectivity index (χ4n) is 4.20. The summed E-state index contributed by atoms with van der Waals surface area (Å²) in [5.41, 5.74) is 1.89. The van der Waals surface area contributed by atoms with Gasteiger partial charge in [-0.3, -0.25) is 4.79 Å². The first-order valence-corrected chi connectivity index (χ1v) is 12.3. The van der Waals surface area contributed by atoms with Crippen molar-refractivity contribution in [2.45, 2.75) is 44.8 Å². The molecule has 3 aromatic rings. The second kappa shape index (κ2) is 10.9. The summed E-state index contributed by atoms with van der Waals surface area (Å²) in [6.45, 7) is 2.54. The number of carbonyl (C=O) groups is 1. The Hall–Kier alpha value is -3.06. The summed E-state index contributed by atoms with van der Waals surface area (Å²) in [6.07, 6.45) is -2.20. The zero-order chi connectivity index (χ0) is 25.9. The Bertz CT molecular complexity index is 1240. The molecule has 190 valence electrons. The van der Waals surface area contributed by atoms with Crippen LogP contribution in [0.5, 0.6) is 0 Å². The first-order chi connectivity index (χ1) is 17.2. The summed E-state index contributed by atoms with van der Waals surface area (Å²) in [4.78, 5) is 15.1. The molecule has 0 bridgehead atoms. The predicted molar refractivity (Wildman–Crippen MR) is 134 cm³/mol. The average Bonchev–Trinajstić information content (AvgIpc) is 3.69. The maximum atomic E-state index is 15.0. The fourth-order valence-corrected chi connectivity index (χ4v) is 4.37. The van der Waals surface area contributed by atoms with E-state index in [2.05, 4.69) is 5.32 Å². The maximum Gasteiger partial charge on any atom is 0.416 e. The minimum Gasteiger partial charge on any atom is -0.385 e. The van der Waals surface area contributed by atoms with Gasteiger partial charge in [-0.15, -0.1) is 0 Å². The van der Waals surface area contributed by atoms with Gasteiger partial charge in [-0.25, -0.2) is 4.39 Å². The van der Waals surface area contributed by atoms with E-state index in [1.54, 1.807) is 30.3 Å². The molecule has 0 spiro atoms. The van der Waals surface area contributed by atoms with Crippen molar-refractivity contribution in [3.8, 4) is 0 Å². The zero-order valence-corrected chi connectivity index (χ0v) is 20.6. The van der Waals surface area contributed by atoms with Crippen molar-refractivity contribution in [2.75, 3.05) is 18.4 Å². The van der Waals surface area contributed by atoms with Crippen LogP contribution in [0, 0.1) is 5.82 Å². The third-order valence-corrected chi connectivity index (χ3v) is 6.51. The normalized spacial score (nSPS) is 13.5. The molecule has 0 unspecified atom stereocenters. The largest absolute Gasteiger partial charge is 0.416 e. The number of anilines is 1. The minimum absolute atomic E-state index is 0.0212. The van der Waals surface area contributed by atoms with E-state index in [1.165, 1.54) is 17.0 Å². The molecule has 0 atom stereocenters. The van der Waals surface area contributed by atoms with Crippen molar-refractivity contribution in [1.29, 1.82) is 0 Å². The molecule has 1 aliphatic rings. The zero-order valence-electron chi connectivity index (χ0n) is 19.8. The van der Waals surface area contributed by atoms with Gasteiger partial charge in [0.05, 0.1) is 11.1 Å². The van der Waals surface area contributed by atoms with Crippen LogP contribution < -0.4 is 5.32 Å². The molecule has 1 saturated carbocycles. The summed E-state index contributed by atoms with van der Waals surface area (Å²) in [7, 11) is 0. The molecular weight excluding hydrogens is 492 g/mol. The van der Waals surface area contributed by atoms with Crippen molar-refractivity contribution < 1.29 is 22.4 Å². The van der Waals surface area contributed by atoms with E-state index < -0.39 is 17.6 Å². The molecule has 0 aromatic heterocycles. The quantitative estimate of drug-likeness (QED) is 0.294. The van der Waals surface area contributed by atoms with Gasteiger partial charge in [0.15, 0.2) is 0 Å². The van der Waals surface area contributed by atoms with E-state index in [0.29, 0.717) is 39.9 Å². The van der Waals surface area contributed by atoms with Gasteiger partial charge in [0, 0.05) is 35.9 Å². The molecule has 1 aliphatic carbocycles. The van der Waals surface area contributed by atoms with Gasteiger partial charge in [0.1, 0.15) is 5.82 Å². The van der Waals surface area contributed by atoms with Crippen LogP contribution in [0.4, 0.5) is 23.2 Å². The SMILES string of the molecule is CCNc1ccc(Cl)cc1C(=O)N(CCc1cccc(C(F)(F)F)c1)Cc1ccc(C2CC2)cc1F. The summed E-state index contributed by atoms with van der Waals surface area (Å²) in [6, 6.07) is 15.0. The fraction of sp³-hybridized carbons (Fsp3) is 0.321. The molecule has 0 heterocycles. The molecule has 1 N–H and O–H groups in total. The number of benzene rings is 3. The molecule has 3 aromatic carbocycles. The Morgan fingerprint density at radius 2 is 1.86 bits per heavy atom. The van der Waals surface area contributed by atoms with E-state index in [9.17, 15) is 22.4 Å². The van der Waals surface area contributed by atoms with E-state index in [1.807, 2.05) is 13.0 Å². The third-order valence-electron chi connectivity index (χ3n) is 6.28. The molecule has 1 amide bonds. The van der Waals surface area contributed by atoms with E-state index in [4.69, 9.17) is 11.6 Å². The number of halogens is 5. The highest BCUT2D eigenvalue weighted by molar-refractivity contribution is 6.31. The molecule has 0 saturated heterocycles. The Morgan fingerprint density at radius 3 is 2.53 bits per heavy atom. The lowest BCUT2D eigenvalue weighted by molar-refractivity contribution is -0.137. The Kier molecular flexibility index (Phi) is 7.88. The van der Waals surface area contributed by atoms with Crippen LogP contribution in [0.3, 0.4) is 0 Å². The standard InChI is InChI=1S/C28H27ClF4N2O/c1-2-34-26-11-10-23(29)16-24(26)27(36)35(13-12-18-4-3-5-22(14-18)28(31,32)33)17-21-9-8-20(15-25(21)30)19-6-7-19/h3-5,8-11,14-16,19,34H,2,6-7,12-13,17H2,1H3. The van der Waals surface area contributed by atoms with Crippen LogP contribution >= 0.6 is 11.6 Å². The summed E-state index contributed by atoms with van der Waals surface area (Å²) >= 11 is 6.17. The number of amides is 1.